The normalized spacial score (nSPS) is 27.3. The first kappa shape index (κ1) is 21.4. The molecule has 164 valence electrons. The molecule has 1 saturated heterocycles. The second-order valence-electron chi connectivity index (χ2n) is 7.66. The van der Waals surface area contributed by atoms with Crippen LogP contribution in [0.4, 0.5) is 11.4 Å². The van der Waals surface area contributed by atoms with E-state index in [9.17, 15) is 15.0 Å². The predicted octanol–water partition coefficient (Wildman–Crippen LogP) is 1.52. The third kappa shape index (κ3) is 4.04. The highest BCUT2D eigenvalue weighted by molar-refractivity contribution is 7.80. The van der Waals surface area contributed by atoms with E-state index in [1.807, 2.05) is 18.2 Å². The van der Waals surface area contributed by atoms with Crippen LogP contribution in [0.2, 0.25) is 0 Å². The molecule has 5 atom stereocenters. The van der Waals surface area contributed by atoms with Crippen molar-refractivity contribution < 1.29 is 24.5 Å². The smallest absolute Gasteiger partial charge is 0.229 e. The van der Waals surface area contributed by atoms with Gasteiger partial charge in [0.1, 0.15) is 17.6 Å². The van der Waals surface area contributed by atoms with Crippen LogP contribution in [0.15, 0.2) is 48.5 Å². The molecule has 0 aromatic heterocycles. The average Bonchev–Trinajstić information content (AvgIpc) is 3.13. The minimum absolute atomic E-state index is 0.100. The van der Waals surface area contributed by atoms with E-state index >= 15 is 0 Å². The molecule has 0 radical (unpaired) electrons. The number of hydrogen-bond donors (Lipinski definition) is 4. The summed E-state index contributed by atoms with van der Waals surface area (Å²) in [6, 6.07) is 13.3. The summed E-state index contributed by atoms with van der Waals surface area (Å²) in [7, 11) is 3.11. The van der Waals surface area contributed by atoms with Crippen molar-refractivity contribution in [3.63, 3.8) is 0 Å². The molecule has 31 heavy (non-hydrogen) atoms. The summed E-state index contributed by atoms with van der Waals surface area (Å²) in [6.45, 7) is 0. The summed E-state index contributed by atoms with van der Waals surface area (Å²) in [5.74, 6) is 0.261. The van der Waals surface area contributed by atoms with Gasteiger partial charge in [-0.25, -0.2) is 0 Å². The van der Waals surface area contributed by atoms with E-state index in [1.54, 1.807) is 49.5 Å². The Bertz CT molecular complexity index is 951. The van der Waals surface area contributed by atoms with E-state index in [1.165, 1.54) is 0 Å². The van der Waals surface area contributed by atoms with Crippen molar-refractivity contribution in [2.45, 2.75) is 30.7 Å². The maximum absolute atomic E-state index is 13.2. The lowest BCUT2D eigenvalue weighted by Crippen LogP contribution is -2.60. The first-order valence-corrected chi connectivity index (χ1v) is 10.4. The van der Waals surface area contributed by atoms with E-state index in [0.717, 1.165) is 0 Å². The molecule has 0 bridgehead atoms. The molecule has 8 nitrogen and oxygen atoms in total. The Labute approximate surface area is 185 Å². The van der Waals surface area contributed by atoms with Crippen LogP contribution < -0.4 is 25.0 Å². The molecule has 1 aliphatic carbocycles. The fourth-order valence-corrected chi connectivity index (χ4v) is 4.69. The molecule has 9 heteroatoms. The zero-order valence-electron chi connectivity index (χ0n) is 17.2. The highest BCUT2D eigenvalue weighted by Crippen LogP contribution is 2.39. The molecule has 1 amide bonds. The second-order valence-corrected chi connectivity index (χ2v) is 8.05. The minimum Gasteiger partial charge on any atom is -0.497 e. The van der Waals surface area contributed by atoms with Gasteiger partial charge in [-0.05, 0) is 30.8 Å². The molecule has 1 aliphatic heterocycles. The fraction of sp³-hybridized carbons (Fsp3) is 0.364. The number of thiocarbonyl (C=S) groups is 1. The lowest BCUT2D eigenvalue weighted by atomic mass is 9.77. The first-order valence-electron chi connectivity index (χ1n) is 9.97. The standard InChI is InChI=1S/C22H25N3O5S/c1-29-14-8-13(9-15(10-14)30-2)25-19-16(21(28)23-12-6-4-3-5-7-12)11-17(26)20(27)18(19)24-22(25)31/h3-10,16-20,26-27H,11H2,1-2H3,(H,23,28)(H,24,31)/t16-,17-,18-,19-,20+/m1/s1. The van der Waals surface area contributed by atoms with Gasteiger partial charge in [0.2, 0.25) is 5.91 Å². The minimum atomic E-state index is -1.07. The Morgan fingerprint density at radius 1 is 1.13 bits per heavy atom. The van der Waals surface area contributed by atoms with E-state index in [4.69, 9.17) is 21.7 Å². The number of hydrogen-bond acceptors (Lipinski definition) is 6. The summed E-state index contributed by atoms with van der Waals surface area (Å²) >= 11 is 5.57. The van der Waals surface area contributed by atoms with Gasteiger partial charge in [-0.2, -0.15) is 0 Å². The lowest BCUT2D eigenvalue weighted by Gasteiger charge is -2.41. The molecule has 2 aliphatic rings. The number of anilines is 2. The fourth-order valence-electron chi connectivity index (χ4n) is 4.33. The number of aliphatic hydroxyl groups is 2. The van der Waals surface area contributed by atoms with Gasteiger partial charge in [-0.15, -0.1) is 0 Å². The zero-order valence-corrected chi connectivity index (χ0v) is 18.0. The Balaban J connectivity index is 1.71. The molecule has 2 fully saturated rings. The van der Waals surface area contributed by atoms with E-state index in [2.05, 4.69) is 10.6 Å². The molecule has 1 saturated carbocycles. The molecule has 1 heterocycles. The number of benzene rings is 2. The number of rotatable bonds is 5. The van der Waals surface area contributed by atoms with Crippen LogP contribution in [0.5, 0.6) is 11.5 Å². The number of methoxy groups -OCH3 is 2. The van der Waals surface area contributed by atoms with E-state index in [-0.39, 0.29) is 12.3 Å². The largest absolute Gasteiger partial charge is 0.497 e. The number of amides is 1. The Morgan fingerprint density at radius 3 is 2.39 bits per heavy atom. The maximum Gasteiger partial charge on any atom is 0.229 e. The van der Waals surface area contributed by atoms with Crippen LogP contribution in [-0.2, 0) is 4.79 Å². The van der Waals surface area contributed by atoms with Crippen molar-refractivity contribution in [3.05, 3.63) is 48.5 Å². The third-order valence-electron chi connectivity index (χ3n) is 5.84. The third-order valence-corrected chi connectivity index (χ3v) is 6.15. The number of para-hydroxylation sites is 1. The van der Waals surface area contributed by atoms with Gasteiger partial charge in [-0.1, -0.05) is 18.2 Å². The number of aliphatic hydroxyl groups excluding tert-OH is 2. The molecule has 0 unspecified atom stereocenters. The Kier molecular flexibility index (Phi) is 5.99. The van der Waals surface area contributed by atoms with Crippen molar-refractivity contribution >= 4 is 34.6 Å². The number of carbonyl (C=O) groups is 1. The summed E-state index contributed by atoms with van der Waals surface area (Å²) in [6.07, 6.45) is -2.02. The van der Waals surface area contributed by atoms with Gasteiger partial charge in [-0.3, -0.25) is 4.79 Å². The highest BCUT2D eigenvalue weighted by Gasteiger charge is 2.54. The molecule has 2 aromatic carbocycles. The Hall–Kier alpha value is -2.88. The van der Waals surface area contributed by atoms with E-state index in [0.29, 0.717) is 28.0 Å². The van der Waals surface area contributed by atoms with Gasteiger partial charge >= 0.3 is 0 Å². The van der Waals surface area contributed by atoms with Gasteiger partial charge in [0.05, 0.1) is 44.0 Å². The quantitative estimate of drug-likeness (QED) is 0.516. The highest BCUT2D eigenvalue weighted by atomic mass is 32.1. The van der Waals surface area contributed by atoms with Gasteiger partial charge < -0.3 is 35.2 Å². The summed E-state index contributed by atoms with van der Waals surface area (Å²) in [5.41, 5.74) is 1.33. The lowest BCUT2D eigenvalue weighted by molar-refractivity contribution is -0.126. The van der Waals surface area contributed by atoms with Gasteiger partial charge in [0, 0.05) is 23.9 Å². The van der Waals surface area contributed by atoms with E-state index < -0.39 is 30.2 Å². The van der Waals surface area contributed by atoms with Crippen LogP contribution in [0.25, 0.3) is 0 Å². The summed E-state index contributed by atoms with van der Waals surface area (Å²) in [4.78, 5) is 15.0. The van der Waals surface area contributed by atoms with Crippen molar-refractivity contribution in [1.29, 1.82) is 0 Å². The SMILES string of the molecule is COc1cc(OC)cc(N2C(=S)N[C@H]3[C@@H](O)[C@H](O)C[C@@H](C(=O)Nc4ccccc4)[C@H]32)c1. The second kappa shape index (κ2) is 8.70. The van der Waals surface area contributed by atoms with Crippen LogP contribution in [-0.4, -0.2) is 59.7 Å². The Morgan fingerprint density at radius 2 is 1.77 bits per heavy atom. The number of carbonyl (C=O) groups excluding carboxylic acids is 1. The molecule has 0 spiro atoms. The van der Waals surface area contributed by atoms with Crippen molar-refractivity contribution in [3.8, 4) is 11.5 Å². The predicted molar refractivity (Wildman–Crippen MR) is 121 cm³/mol. The number of nitrogens with one attached hydrogen (secondary N) is 2. The van der Waals surface area contributed by atoms with Crippen molar-refractivity contribution in [1.82, 2.24) is 5.32 Å². The van der Waals surface area contributed by atoms with Gasteiger partial charge in [0.25, 0.3) is 0 Å². The molecule has 2 aromatic rings. The molecule has 4 rings (SSSR count). The van der Waals surface area contributed by atoms with Crippen LogP contribution in [0.1, 0.15) is 6.42 Å². The zero-order chi connectivity index (χ0) is 22.1. The summed E-state index contributed by atoms with van der Waals surface area (Å²) in [5, 5.41) is 27.5. The van der Waals surface area contributed by atoms with Crippen LogP contribution >= 0.6 is 12.2 Å². The summed E-state index contributed by atoms with van der Waals surface area (Å²) < 4.78 is 10.8. The van der Waals surface area contributed by atoms with Crippen molar-refractivity contribution in [2.24, 2.45) is 5.92 Å². The number of ether oxygens (including phenoxy) is 2. The molecular weight excluding hydrogens is 418 g/mol. The molecule has 4 N–H and O–H groups in total. The maximum atomic E-state index is 13.2. The van der Waals surface area contributed by atoms with Crippen LogP contribution in [0.3, 0.4) is 0 Å². The van der Waals surface area contributed by atoms with Crippen LogP contribution in [0, 0.1) is 5.92 Å². The first-order chi connectivity index (χ1) is 14.9. The molecular formula is C22H25N3O5S. The average molecular weight is 444 g/mol. The van der Waals surface area contributed by atoms with Gasteiger partial charge in [0.15, 0.2) is 5.11 Å². The number of fused-ring (bicyclic) bond motifs is 1. The number of nitrogens with zero attached hydrogens (tertiary/aromatic N) is 1. The topological polar surface area (TPSA) is 103 Å². The monoisotopic (exact) mass is 443 g/mol. The van der Waals surface area contributed by atoms with Crippen molar-refractivity contribution in [2.75, 3.05) is 24.4 Å².